The van der Waals surface area contributed by atoms with Gasteiger partial charge in [-0.3, -0.25) is 0 Å². The fourth-order valence-electron chi connectivity index (χ4n) is 2.33. The Balaban J connectivity index is 2.07. The van der Waals surface area contributed by atoms with E-state index in [0.717, 1.165) is 27.9 Å². The minimum Gasteiger partial charge on any atom is -0.340 e. The lowest BCUT2D eigenvalue weighted by Crippen LogP contribution is -2.01. The van der Waals surface area contributed by atoms with Crippen LogP contribution in [0.1, 0.15) is 30.7 Å². The second kappa shape index (κ2) is 5.13. The Labute approximate surface area is 120 Å². The van der Waals surface area contributed by atoms with E-state index in [4.69, 9.17) is 0 Å². The Morgan fingerprint density at radius 2 is 2.05 bits per heavy atom. The minimum absolute atomic E-state index is 0.286. The van der Waals surface area contributed by atoms with Crippen molar-refractivity contribution in [3.05, 3.63) is 58.5 Å². The van der Waals surface area contributed by atoms with Crippen LogP contribution in [0.4, 0.5) is 0 Å². The summed E-state index contributed by atoms with van der Waals surface area (Å²) in [5.74, 6) is 1.27. The van der Waals surface area contributed by atoms with Gasteiger partial charge in [-0.2, -0.15) is 0 Å². The summed E-state index contributed by atoms with van der Waals surface area (Å²) in [5.41, 5.74) is 3.02. The van der Waals surface area contributed by atoms with Crippen LogP contribution >= 0.6 is 15.9 Å². The molecule has 0 fully saturated rings. The molecule has 1 unspecified atom stereocenters. The van der Waals surface area contributed by atoms with E-state index in [1.54, 1.807) is 6.20 Å². The van der Waals surface area contributed by atoms with E-state index in [2.05, 4.69) is 62.1 Å². The number of fused-ring (bicyclic) bond motifs is 1. The van der Waals surface area contributed by atoms with Crippen LogP contribution in [0.25, 0.3) is 11.2 Å². The summed E-state index contributed by atoms with van der Waals surface area (Å²) in [6, 6.07) is 12.5. The lowest BCUT2D eigenvalue weighted by Gasteiger charge is -2.11. The summed E-state index contributed by atoms with van der Waals surface area (Å²) in [6.07, 6.45) is 2.78. The van der Waals surface area contributed by atoms with Crippen LogP contribution in [-0.4, -0.2) is 15.0 Å². The molecule has 96 valence electrons. The molecule has 0 spiro atoms. The van der Waals surface area contributed by atoms with Crippen LogP contribution in [0.15, 0.2) is 47.1 Å². The number of benzene rings is 1. The van der Waals surface area contributed by atoms with Gasteiger partial charge in [-0.05, 0) is 34.0 Å². The number of hydrogen-bond acceptors (Lipinski definition) is 2. The van der Waals surface area contributed by atoms with E-state index in [1.807, 2.05) is 12.1 Å². The molecule has 1 N–H and O–H groups in total. The van der Waals surface area contributed by atoms with Gasteiger partial charge in [0.05, 0.1) is 5.52 Å². The molecule has 0 bridgehead atoms. The summed E-state index contributed by atoms with van der Waals surface area (Å²) in [6.45, 7) is 2.17. The Morgan fingerprint density at radius 1 is 1.26 bits per heavy atom. The van der Waals surface area contributed by atoms with E-state index >= 15 is 0 Å². The number of nitrogens with zero attached hydrogens (tertiary/aromatic N) is 2. The first kappa shape index (κ1) is 12.4. The van der Waals surface area contributed by atoms with E-state index in [1.165, 1.54) is 5.56 Å². The number of halogens is 1. The van der Waals surface area contributed by atoms with Crippen molar-refractivity contribution in [1.82, 2.24) is 15.0 Å². The van der Waals surface area contributed by atoms with Gasteiger partial charge in [-0.15, -0.1) is 0 Å². The number of aromatic amines is 1. The zero-order chi connectivity index (χ0) is 13.2. The highest BCUT2D eigenvalue weighted by atomic mass is 79.9. The fourth-order valence-corrected chi connectivity index (χ4v) is 2.66. The molecule has 3 rings (SSSR count). The maximum atomic E-state index is 4.61. The third kappa shape index (κ3) is 2.40. The van der Waals surface area contributed by atoms with E-state index in [-0.39, 0.29) is 5.92 Å². The number of hydrogen-bond donors (Lipinski definition) is 1. The Kier molecular flexibility index (Phi) is 3.34. The lowest BCUT2D eigenvalue weighted by molar-refractivity contribution is 0.732. The highest BCUT2D eigenvalue weighted by Crippen LogP contribution is 2.27. The molecule has 0 aliphatic carbocycles. The smallest absolute Gasteiger partial charge is 0.177 e. The van der Waals surface area contributed by atoms with Gasteiger partial charge in [0.25, 0.3) is 0 Å². The van der Waals surface area contributed by atoms with Gasteiger partial charge in [0.1, 0.15) is 5.82 Å². The zero-order valence-corrected chi connectivity index (χ0v) is 12.2. The number of aromatic nitrogens is 3. The molecule has 0 aliphatic rings. The molecule has 4 heteroatoms. The third-order valence-corrected chi connectivity index (χ3v) is 3.70. The van der Waals surface area contributed by atoms with Gasteiger partial charge in [0, 0.05) is 16.6 Å². The van der Waals surface area contributed by atoms with Crippen molar-refractivity contribution in [2.24, 2.45) is 0 Å². The average Bonchev–Trinajstić information content (AvgIpc) is 2.83. The number of imidazole rings is 1. The highest BCUT2D eigenvalue weighted by molar-refractivity contribution is 9.10. The van der Waals surface area contributed by atoms with Crippen LogP contribution in [-0.2, 0) is 0 Å². The first-order valence-electron chi connectivity index (χ1n) is 6.34. The van der Waals surface area contributed by atoms with E-state index in [9.17, 15) is 0 Å². The van der Waals surface area contributed by atoms with Crippen molar-refractivity contribution < 1.29 is 0 Å². The van der Waals surface area contributed by atoms with Crippen molar-refractivity contribution in [2.75, 3.05) is 0 Å². The predicted octanol–water partition coefficient (Wildman–Crippen LogP) is 4.26. The van der Waals surface area contributed by atoms with Crippen LogP contribution in [0, 0.1) is 0 Å². The Bertz CT molecular complexity index is 691. The SMILES string of the molecule is CCC(c1ccccc1)c1nc2ncc(Br)cc2[nH]1. The number of H-pyrrole nitrogens is 1. The van der Waals surface area contributed by atoms with Crippen molar-refractivity contribution in [1.29, 1.82) is 0 Å². The molecular formula is C15H14BrN3. The average molecular weight is 316 g/mol. The summed E-state index contributed by atoms with van der Waals surface area (Å²) >= 11 is 3.43. The van der Waals surface area contributed by atoms with Gasteiger partial charge in [0.2, 0.25) is 0 Å². The van der Waals surface area contributed by atoms with E-state index in [0.29, 0.717) is 0 Å². The van der Waals surface area contributed by atoms with Gasteiger partial charge in [0.15, 0.2) is 5.65 Å². The Hall–Kier alpha value is -1.68. The summed E-state index contributed by atoms with van der Waals surface area (Å²) in [5, 5.41) is 0. The largest absolute Gasteiger partial charge is 0.340 e. The molecule has 0 amide bonds. The topological polar surface area (TPSA) is 41.6 Å². The fraction of sp³-hybridized carbons (Fsp3) is 0.200. The molecular weight excluding hydrogens is 302 g/mol. The zero-order valence-electron chi connectivity index (χ0n) is 10.6. The van der Waals surface area contributed by atoms with Gasteiger partial charge in [-0.1, -0.05) is 37.3 Å². The van der Waals surface area contributed by atoms with Crippen molar-refractivity contribution in [3.63, 3.8) is 0 Å². The molecule has 0 aliphatic heterocycles. The molecule has 2 aromatic heterocycles. The van der Waals surface area contributed by atoms with Crippen LogP contribution < -0.4 is 0 Å². The summed E-state index contributed by atoms with van der Waals surface area (Å²) < 4.78 is 0.961. The second-order valence-electron chi connectivity index (χ2n) is 4.52. The molecule has 1 aromatic carbocycles. The van der Waals surface area contributed by atoms with Crippen LogP contribution in [0.5, 0.6) is 0 Å². The normalized spacial score (nSPS) is 12.7. The second-order valence-corrected chi connectivity index (χ2v) is 5.43. The third-order valence-electron chi connectivity index (χ3n) is 3.26. The molecule has 3 nitrogen and oxygen atoms in total. The Morgan fingerprint density at radius 3 is 2.79 bits per heavy atom. The minimum atomic E-state index is 0.286. The van der Waals surface area contributed by atoms with Gasteiger partial charge in [-0.25, -0.2) is 9.97 Å². The standard InChI is InChI=1S/C15H14BrN3/c1-2-12(10-6-4-3-5-7-10)14-18-13-8-11(16)9-17-15(13)19-14/h3-9,12H,2H2,1H3,(H,17,18,19). The highest BCUT2D eigenvalue weighted by Gasteiger charge is 2.16. The lowest BCUT2D eigenvalue weighted by atomic mass is 9.96. The maximum Gasteiger partial charge on any atom is 0.177 e. The van der Waals surface area contributed by atoms with Crippen LogP contribution in [0.3, 0.4) is 0 Å². The maximum absolute atomic E-state index is 4.61. The summed E-state index contributed by atoms with van der Waals surface area (Å²) in [7, 11) is 0. The molecule has 19 heavy (non-hydrogen) atoms. The summed E-state index contributed by atoms with van der Waals surface area (Å²) in [4.78, 5) is 12.3. The van der Waals surface area contributed by atoms with Gasteiger partial charge < -0.3 is 4.98 Å². The molecule has 2 heterocycles. The van der Waals surface area contributed by atoms with Crippen molar-refractivity contribution in [2.45, 2.75) is 19.3 Å². The first-order valence-corrected chi connectivity index (χ1v) is 7.13. The van der Waals surface area contributed by atoms with Crippen molar-refractivity contribution in [3.8, 4) is 0 Å². The molecule has 0 radical (unpaired) electrons. The van der Waals surface area contributed by atoms with Crippen LogP contribution in [0.2, 0.25) is 0 Å². The molecule has 3 aromatic rings. The first-order chi connectivity index (χ1) is 9.28. The number of pyridine rings is 1. The van der Waals surface area contributed by atoms with E-state index < -0.39 is 0 Å². The quantitative estimate of drug-likeness (QED) is 0.784. The number of nitrogens with one attached hydrogen (secondary N) is 1. The monoisotopic (exact) mass is 315 g/mol. The van der Waals surface area contributed by atoms with Gasteiger partial charge >= 0.3 is 0 Å². The molecule has 1 atom stereocenters. The predicted molar refractivity (Wildman–Crippen MR) is 80.2 cm³/mol. The number of rotatable bonds is 3. The molecule has 0 saturated carbocycles. The van der Waals surface area contributed by atoms with Crippen molar-refractivity contribution >= 4 is 27.1 Å². The molecule has 0 saturated heterocycles.